The maximum absolute atomic E-state index is 11.8. The molecule has 0 amide bonds. The number of fused-ring (bicyclic) bond motifs is 1. The van der Waals surface area contributed by atoms with Crippen LogP contribution in [0.2, 0.25) is 0 Å². The van der Waals surface area contributed by atoms with Crippen LogP contribution in [0.5, 0.6) is 0 Å². The van der Waals surface area contributed by atoms with E-state index >= 15 is 0 Å². The van der Waals surface area contributed by atoms with Gasteiger partial charge in [-0.1, -0.05) is 18.2 Å². The lowest BCUT2D eigenvalue weighted by Gasteiger charge is -2.22. The molecular formula is C13H16N2O2. The smallest absolute Gasteiger partial charge is 0.374 e. The van der Waals surface area contributed by atoms with Crippen molar-refractivity contribution in [1.82, 2.24) is 0 Å². The van der Waals surface area contributed by atoms with Crippen LogP contribution in [0.3, 0.4) is 0 Å². The Kier molecular flexibility index (Phi) is 2.88. The minimum absolute atomic E-state index is 0.277. The number of amidine groups is 1. The third-order valence-corrected chi connectivity index (χ3v) is 2.27. The highest BCUT2D eigenvalue weighted by molar-refractivity contribution is 6.40. The standard InChI is InChI=1S/C13H16N2O2/c1-13(2,3)17-12(16)11-14-8-9-6-4-5-7-10(9)15-11/h4-7H,8H2,1-3H3,(H,14,15). The second-order valence-corrected chi connectivity index (χ2v) is 4.95. The Morgan fingerprint density at radius 2 is 2.06 bits per heavy atom. The van der Waals surface area contributed by atoms with Gasteiger partial charge in [0.2, 0.25) is 5.84 Å². The van der Waals surface area contributed by atoms with E-state index in [9.17, 15) is 4.79 Å². The summed E-state index contributed by atoms with van der Waals surface area (Å²) in [6.07, 6.45) is 0. The molecule has 0 unspecified atom stereocenters. The van der Waals surface area contributed by atoms with Crippen molar-refractivity contribution in [3.63, 3.8) is 0 Å². The molecule has 1 heterocycles. The Hall–Kier alpha value is -1.84. The van der Waals surface area contributed by atoms with Gasteiger partial charge in [-0.05, 0) is 32.4 Å². The molecule has 0 saturated heterocycles. The zero-order chi connectivity index (χ0) is 12.5. The average Bonchev–Trinajstić information content (AvgIpc) is 2.26. The first-order chi connectivity index (χ1) is 7.96. The van der Waals surface area contributed by atoms with Crippen LogP contribution in [-0.4, -0.2) is 17.4 Å². The fraction of sp³-hybridized carbons (Fsp3) is 0.385. The first-order valence-electron chi connectivity index (χ1n) is 5.58. The summed E-state index contributed by atoms with van der Waals surface area (Å²) in [5.41, 5.74) is 1.50. The maximum atomic E-state index is 11.8. The first kappa shape index (κ1) is 11.6. The molecule has 0 aliphatic carbocycles. The maximum Gasteiger partial charge on any atom is 0.374 e. The third kappa shape index (κ3) is 2.84. The van der Waals surface area contributed by atoms with Gasteiger partial charge in [-0.15, -0.1) is 0 Å². The number of nitrogens with one attached hydrogen (secondary N) is 1. The molecule has 0 bridgehead atoms. The number of benzene rings is 1. The predicted octanol–water partition coefficient (Wildman–Crippen LogP) is 2.35. The number of anilines is 1. The molecular weight excluding hydrogens is 216 g/mol. The van der Waals surface area contributed by atoms with Crippen molar-refractivity contribution < 1.29 is 9.53 Å². The van der Waals surface area contributed by atoms with Gasteiger partial charge in [0.25, 0.3) is 0 Å². The fourth-order valence-corrected chi connectivity index (χ4v) is 1.55. The molecule has 1 aliphatic heterocycles. The van der Waals surface area contributed by atoms with E-state index in [-0.39, 0.29) is 5.84 Å². The van der Waals surface area contributed by atoms with E-state index in [1.807, 2.05) is 45.0 Å². The summed E-state index contributed by atoms with van der Waals surface area (Å²) >= 11 is 0. The highest BCUT2D eigenvalue weighted by Crippen LogP contribution is 2.20. The van der Waals surface area contributed by atoms with Gasteiger partial charge in [-0.3, -0.25) is 4.99 Å². The minimum Gasteiger partial charge on any atom is -0.454 e. The molecule has 1 aliphatic rings. The Balaban J connectivity index is 2.12. The molecule has 1 aromatic carbocycles. The van der Waals surface area contributed by atoms with E-state index < -0.39 is 11.6 Å². The summed E-state index contributed by atoms with van der Waals surface area (Å²) < 4.78 is 5.26. The van der Waals surface area contributed by atoms with Crippen molar-refractivity contribution in [1.29, 1.82) is 0 Å². The summed E-state index contributed by atoms with van der Waals surface area (Å²) in [5.74, 6) is -0.134. The Labute approximate surface area is 101 Å². The normalized spacial score (nSPS) is 14.4. The van der Waals surface area contributed by atoms with Crippen LogP contribution in [0.4, 0.5) is 5.69 Å². The van der Waals surface area contributed by atoms with Gasteiger partial charge in [0.15, 0.2) is 0 Å². The van der Waals surface area contributed by atoms with Crippen LogP contribution in [0.1, 0.15) is 26.3 Å². The van der Waals surface area contributed by atoms with Crippen molar-refractivity contribution in [2.24, 2.45) is 4.99 Å². The highest BCUT2D eigenvalue weighted by atomic mass is 16.6. The molecule has 1 N–H and O–H groups in total. The van der Waals surface area contributed by atoms with E-state index in [2.05, 4.69) is 10.3 Å². The lowest BCUT2D eigenvalue weighted by Crippen LogP contribution is -2.34. The first-order valence-corrected chi connectivity index (χ1v) is 5.58. The van der Waals surface area contributed by atoms with E-state index in [0.29, 0.717) is 6.54 Å². The molecule has 90 valence electrons. The number of carbonyl (C=O) groups excluding carboxylic acids is 1. The molecule has 0 saturated carbocycles. The SMILES string of the molecule is CC(C)(C)OC(=O)C1=NCc2ccccc2N1. The summed E-state index contributed by atoms with van der Waals surface area (Å²) in [7, 11) is 0. The summed E-state index contributed by atoms with van der Waals surface area (Å²) in [6.45, 7) is 6.02. The van der Waals surface area contributed by atoms with Crippen molar-refractivity contribution >= 4 is 17.5 Å². The number of rotatable bonds is 1. The van der Waals surface area contributed by atoms with Crippen molar-refractivity contribution in [2.45, 2.75) is 32.9 Å². The molecule has 1 aromatic rings. The van der Waals surface area contributed by atoms with Crippen molar-refractivity contribution in [3.05, 3.63) is 29.8 Å². The molecule has 0 fully saturated rings. The van der Waals surface area contributed by atoms with Crippen LogP contribution < -0.4 is 5.32 Å². The van der Waals surface area contributed by atoms with Crippen LogP contribution in [0, 0.1) is 0 Å². The molecule has 2 rings (SSSR count). The number of ether oxygens (including phenoxy) is 1. The van der Waals surface area contributed by atoms with Crippen LogP contribution in [0.25, 0.3) is 0 Å². The summed E-state index contributed by atoms with van der Waals surface area (Å²) in [4.78, 5) is 16.0. The van der Waals surface area contributed by atoms with Crippen molar-refractivity contribution in [2.75, 3.05) is 5.32 Å². The average molecular weight is 232 g/mol. The second-order valence-electron chi connectivity index (χ2n) is 4.95. The molecule has 17 heavy (non-hydrogen) atoms. The van der Waals surface area contributed by atoms with E-state index in [0.717, 1.165) is 11.3 Å². The van der Waals surface area contributed by atoms with Crippen LogP contribution >= 0.6 is 0 Å². The summed E-state index contributed by atoms with van der Waals surface area (Å²) in [5, 5.41) is 2.99. The van der Waals surface area contributed by atoms with E-state index in [4.69, 9.17) is 4.74 Å². The predicted molar refractivity (Wildman–Crippen MR) is 67.0 cm³/mol. The monoisotopic (exact) mass is 232 g/mol. The highest BCUT2D eigenvalue weighted by Gasteiger charge is 2.23. The summed E-state index contributed by atoms with van der Waals surface area (Å²) in [6, 6.07) is 7.78. The molecule has 4 heteroatoms. The Bertz CT molecular complexity index is 473. The minimum atomic E-state index is -0.502. The molecule has 0 radical (unpaired) electrons. The third-order valence-electron chi connectivity index (χ3n) is 2.27. The van der Waals surface area contributed by atoms with Gasteiger partial charge in [-0.2, -0.15) is 0 Å². The van der Waals surface area contributed by atoms with Gasteiger partial charge < -0.3 is 10.1 Å². The Morgan fingerprint density at radius 1 is 1.35 bits per heavy atom. The fourth-order valence-electron chi connectivity index (χ4n) is 1.55. The van der Waals surface area contributed by atoms with Gasteiger partial charge in [0, 0.05) is 5.69 Å². The van der Waals surface area contributed by atoms with Gasteiger partial charge >= 0.3 is 5.97 Å². The number of esters is 1. The number of hydrogen-bond donors (Lipinski definition) is 1. The zero-order valence-electron chi connectivity index (χ0n) is 10.3. The molecule has 0 spiro atoms. The van der Waals surface area contributed by atoms with Gasteiger partial charge in [0.05, 0.1) is 6.54 Å². The zero-order valence-corrected chi connectivity index (χ0v) is 10.3. The van der Waals surface area contributed by atoms with Crippen LogP contribution in [0.15, 0.2) is 29.3 Å². The van der Waals surface area contributed by atoms with E-state index in [1.54, 1.807) is 0 Å². The molecule has 4 nitrogen and oxygen atoms in total. The largest absolute Gasteiger partial charge is 0.454 e. The number of hydrogen-bond acceptors (Lipinski definition) is 4. The second kappa shape index (κ2) is 4.20. The number of para-hydroxylation sites is 1. The number of nitrogens with zero attached hydrogens (tertiary/aromatic N) is 1. The molecule has 0 atom stereocenters. The lowest BCUT2D eigenvalue weighted by molar-refractivity contribution is -0.146. The van der Waals surface area contributed by atoms with Crippen molar-refractivity contribution in [3.8, 4) is 0 Å². The number of carbonyl (C=O) groups is 1. The quantitative estimate of drug-likeness (QED) is 0.756. The lowest BCUT2D eigenvalue weighted by atomic mass is 10.1. The number of aliphatic imine (C=N–C) groups is 1. The van der Waals surface area contributed by atoms with Gasteiger partial charge in [0.1, 0.15) is 5.60 Å². The van der Waals surface area contributed by atoms with Crippen LogP contribution in [-0.2, 0) is 16.1 Å². The molecule has 0 aromatic heterocycles. The van der Waals surface area contributed by atoms with E-state index in [1.165, 1.54) is 0 Å². The Morgan fingerprint density at radius 3 is 2.76 bits per heavy atom. The van der Waals surface area contributed by atoms with Gasteiger partial charge in [-0.25, -0.2) is 4.79 Å². The topological polar surface area (TPSA) is 50.7 Å².